The number of aromatic nitrogens is 10. The van der Waals surface area contributed by atoms with Gasteiger partial charge in [-0.05, 0) is 222 Å². The van der Waals surface area contributed by atoms with Crippen LogP contribution in [0.4, 0.5) is 0 Å². The summed E-state index contributed by atoms with van der Waals surface area (Å²) >= 11 is 0. The van der Waals surface area contributed by atoms with Crippen LogP contribution in [-0.4, -0.2) is 47.3 Å². The van der Waals surface area contributed by atoms with Crippen LogP contribution in [0, 0.1) is 34.6 Å². The van der Waals surface area contributed by atoms with Crippen LogP contribution in [0.3, 0.4) is 0 Å². The highest BCUT2D eigenvalue weighted by Crippen LogP contribution is 2.45. The third-order valence-corrected chi connectivity index (χ3v) is 26.6. The van der Waals surface area contributed by atoms with E-state index in [0.29, 0.717) is 11.6 Å². The summed E-state index contributed by atoms with van der Waals surface area (Å²) in [5.74, 6) is 1.42. The first-order chi connectivity index (χ1) is 64.5. The van der Waals surface area contributed by atoms with Crippen LogP contribution in [-0.2, 0) is 0 Å². The van der Waals surface area contributed by atoms with Gasteiger partial charge in [0.25, 0.3) is 0 Å². The highest BCUT2D eigenvalue weighted by molar-refractivity contribution is 6.17. The highest BCUT2D eigenvalue weighted by atomic mass is 15.0. The fourth-order valence-corrected chi connectivity index (χ4v) is 20.6. The Morgan fingerprint density at radius 1 is 0.153 bits per heavy atom. The molecular weight excluding hydrogens is 1590 g/mol. The van der Waals surface area contributed by atoms with Gasteiger partial charge in [-0.15, -0.1) is 0 Å². The molecule has 0 amide bonds. The van der Waals surface area contributed by atoms with Gasteiger partial charge in [0.05, 0.1) is 89.0 Å². The minimum absolute atomic E-state index is 0.708. The topological polar surface area (TPSA) is 81.1 Å². The molecule has 0 fully saturated rings. The molecule has 0 spiro atoms. The van der Waals surface area contributed by atoms with Gasteiger partial charge < -0.3 is 27.4 Å². The summed E-state index contributed by atoms with van der Waals surface area (Å²) in [6, 6.07) is 152. The quantitative estimate of drug-likeness (QED) is 0.122. The average Bonchev–Trinajstić information content (AvgIpc) is 1.57. The zero-order chi connectivity index (χ0) is 87.2. The van der Waals surface area contributed by atoms with Crippen molar-refractivity contribution in [3.63, 3.8) is 0 Å². The lowest BCUT2D eigenvalue weighted by atomic mass is 10.0. The lowest BCUT2D eigenvalue weighted by molar-refractivity contribution is 1.14. The average molecular weight is 1680 g/mol. The molecule has 8 heterocycles. The molecule has 131 heavy (non-hydrogen) atoms. The monoisotopic (exact) mass is 1680 g/mol. The molecule has 10 heteroatoms. The molecule has 618 valence electrons. The molecule has 26 rings (SSSR count). The van der Waals surface area contributed by atoms with Gasteiger partial charge >= 0.3 is 0 Å². The summed E-state index contributed by atoms with van der Waals surface area (Å²) in [5.41, 5.74) is 36.7. The van der Waals surface area contributed by atoms with Crippen LogP contribution >= 0.6 is 0 Å². The second-order valence-electron chi connectivity index (χ2n) is 34.9. The van der Waals surface area contributed by atoms with Crippen molar-refractivity contribution >= 4 is 131 Å². The Bertz CT molecular complexity index is 8660. The Labute approximate surface area is 756 Å². The second kappa shape index (κ2) is 30.6. The van der Waals surface area contributed by atoms with E-state index in [1.165, 1.54) is 131 Å². The van der Waals surface area contributed by atoms with Crippen molar-refractivity contribution < 1.29 is 0 Å². The van der Waals surface area contributed by atoms with Gasteiger partial charge in [0.2, 0.25) is 0 Å². The largest absolute Gasteiger partial charge is 0.309 e. The maximum Gasteiger partial charge on any atom is 0.160 e. The van der Waals surface area contributed by atoms with Crippen molar-refractivity contribution in [2.24, 2.45) is 0 Å². The first-order valence-corrected chi connectivity index (χ1v) is 44.9. The lowest BCUT2D eigenvalue weighted by Gasteiger charge is -2.15. The number of benzene rings is 18. The van der Waals surface area contributed by atoms with Gasteiger partial charge in [-0.2, -0.15) is 0 Å². The van der Waals surface area contributed by atoms with E-state index in [0.717, 1.165) is 118 Å². The van der Waals surface area contributed by atoms with Gasteiger partial charge in [-0.3, -0.25) is 0 Å². The van der Waals surface area contributed by atoms with Crippen LogP contribution in [0.25, 0.3) is 233 Å². The number of para-hydroxylation sites is 6. The van der Waals surface area contributed by atoms with E-state index < -0.39 is 0 Å². The number of fused-ring (bicyclic) bond motifs is 18. The molecule has 0 saturated carbocycles. The lowest BCUT2D eigenvalue weighted by Crippen LogP contribution is -2.00. The number of rotatable bonds is 12. The van der Waals surface area contributed by atoms with E-state index in [1.807, 2.05) is 24.3 Å². The third kappa shape index (κ3) is 12.8. The number of aryl methyl sites for hydroxylation is 5. The molecule has 0 unspecified atom stereocenters. The molecule has 18 aromatic carbocycles. The van der Waals surface area contributed by atoms with Crippen molar-refractivity contribution in [1.29, 1.82) is 0 Å². The molecule has 0 N–H and O–H groups in total. The molecule has 0 radical (unpaired) electrons. The van der Waals surface area contributed by atoms with Crippen LogP contribution in [0.5, 0.6) is 0 Å². The van der Waals surface area contributed by atoms with Gasteiger partial charge in [-0.25, -0.2) is 19.9 Å². The Hall–Kier alpha value is -17.1. The van der Waals surface area contributed by atoms with Gasteiger partial charge in [0.1, 0.15) is 0 Å². The second-order valence-corrected chi connectivity index (χ2v) is 34.9. The predicted octanol–water partition coefficient (Wildman–Crippen LogP) is 31.1. The first-order valence-electron chi connectivity index (χ1n) is 44.9. The van der Waals surface area contributed by atoms with Crippen molar-refractivity contribution in [3.05, 3.63) is 446 Å². The third-order valence-electron chi connectivity index (χ3n) is 26.6. The van der Waals surface area contributed by atoms with Crippen molar-refractivity contribution in [1.82, 2.24) is 47.3 Å². The molecule has 10 nitrogen and oxygen atoms in total. The Kier molecular flexibility index (Phi) is 17.9. The molecule has 0 aliphatic rings. The smallest absolute Gasteiger partial charge is 0.160 e. The summed E-state index contributed by atoms with van der Waals surface area (Å²) < 4.78 is 14.6. The number of hydrogen-bond acceptors (Lipinski definition) is 4. The fourth-order valence-electron chi connectivity index (χ4n) is 20.6. The molecule has 0 aliphatic heterocycles. The molecular formula is C121H84N10. The molecule has 0 bridgehead atoms. The Morgan fingerprint density at radius 3 is 0.794 bits per heavy atom. The molecule has 0 atom stereocenters. The number of nitrogens with zero attached hydrogens (tertiary/aromatic N) is 10. The van der Waals surface area contributed by atoms with E-state index in [4.69, 9.17) is 19.9 Å². The normalized spacial score (nSPS) is 11.9. The zero-order valence-corrected chi connectivity index (χ0v) is 72.8. The van der Waals surface area contributed by atoms with E-state index >= 15 is 0 Å². The molecule has 26 aromatic rings. The van der Waals surface area contributed by atoms with Crippen molar-refractivity contribution in [2.45, 2.75) is 34.6 Å². The summed E-state index contributed by atoms with van der Waals surface area (Å²) in [7, 11) is 0. The summed E-state index contributed by atoms with van der Waals surface area (Å²) in [4.78, 5) is 20.5. The molecule has 0 aliphatic carbocycles. The molecule has 8 aromatic heterocycles. The van der Waals surface area contributed by atoms with Gasteiger partial charge in [-0.1, -0.05) is 259 Å². The minimum Gasteiger partial charge on any atom is -0.309 e. The fraction of sp³-hybridized carbons (Fsp3) is 0.0413. The predicted molar refractivity (Wildman–Crippen MR) is 546 cm³/mol. The van der Waals surface area contributed by atoms with Crippen molar-refractivity contribution in [3.8, 4) is 102 Å². The van der Waals surface area contributed by atoms with Gasteiger partial charge in [0.15, 0.2) is 11.6 Å². The highest BCUT2D eigenvalue weighted by Gasteiger charge is 2.25. The standard InChI is InChI=1S/C61H43N5.C60H41N5/c1-38-22-27-57-48(32-38)49-33-39(2)23-28-58(49)65(57)45-26-31-60-51(36-45)50-35-44(64-55-20-12-10-18-46(55)47-19-11-13-21-56(47)64)25-30-59(50)66(60)54-29-24-43(34-40(54)3)53-37-52(41-14-6-4-7-15-41)62-61(63-53)42-16-8-5-9-17-42;1-38-13-11-15-41(33-38)53-37-52(61-60(62-53)42-16-12-14-39(2)34-42)40-25-27-43(28-26-40)63-58-31-29-44(64-54-21-7-3-17-46(54)47-18-4-8-22-55(47)64)35-50(58)51-36-45(30-32-59(51)63)65-56-23-9-5-19-48(56)49-20-6-10-24-57(49)65/h4-37H,1-3H3;3-37H,1-2H3. The molecule has 0 saturated heterocycles. The van der Waals surface area contributed by atoms with Gasteiger partial charge in [0, 0.05) is 132 Å². The summed E-state index contributed by atoms with van der Waals surface area (Å²) in [6.07, 6.45) is 0. The first kappa shape index (κ1) is 76.4. The van der Waals surface area contributed by atoms with Crippen LogP contribution in [0.2, 0.25) is 0 Å². The Balaban J connectivity index is 0.000000141. The van der Waals surface area contributed by atoms with E-state index in [2.05, 4.69) is 456 Å². The van der Waals surface area contributed by atoms with E-state index in [9.17, 15) is 0 Å². The minimum atomic E-state index is 0.708. The number of hydrogen-bond donors (Lipinski definition) is 0. The SMILES string of the molecule is Cc1ccc2c(c1)c1cc(C)ccc1n2-c1ccc2c(c1)c1cc(-n3c4ccccc4c4ccccc43)ccc1n2-c1ccc(-c2cc(-c3ccccc3)nc(-c3ccccc3)n2)cc1C.Cc1cccc(-c2cc(-c3ccc(-n4c5ccc(-n6c7ccccc7c7ccccc76)cc5c5cc(-n6c7ccccc7c7ccccc76)ccc54)cc3)nc(-c3cccc(C)c3)n2)c1. The van der Waals surface area contributed by atoms with E-state index in [1.54, 1.807) is 0 Å². The van der Waals surface area contributed by atoms with Crippen LogP contribution < -0.4 is 0 Å². The Morgan fingerprint density at radius 2 is 0.412 bits per heavy atom. The van der Waals surface area contributed by atoms with E-state index in [-0.39, 0.29) is 0 Å². The summed E-state index contributed by atoms with van der Waals surface area (Å²) in [5, 5.41) is 14.8. The summed E-state index contributed by atoms with van der Waals surface area (Å²) in [6.45, 7) is 10.8. The van der Waals surface area contributed by atoms with Crippen LogP contribution in [0.15, 0.2) is 419 Å². The zero-order valence-electron chi connectivity index (χ0n) is 72.8. The van der Waals surface area contributed by atoms with Crippen molar-refractivity contribution in [2.75, 3.05) is 0 Å². The van der Waals surface area contributed by atoms with Crippen LogP contribution in [0.1, 0.15) is 27.8 Å². The maximum absolute atomic E-state index is 5.19. The maximum atomic E-state index is 5.19.